The van der Waals surface area contributed by atoms with E-state index < -0.39 is 0 Å². The number of thioether (sulfide) groups is 1. The van der Waals surface area contributed by atoms with Gasteiger partial charge < -0.3 is 4.90 Å². The first-order valence-electron chi connectivity index (χ1n) is 5.46. The topological polar surface area (TPSA) is 3.24 Å². The minimum atomic E-state index is 0.492. The Balaban J connectivity index is 2.35. The summed E-state index contributed by atoms with van der Waals surface area (Å²) in [6.45, 7) is 10.9. The molecule has 0 spiro atoms. The molecule has 14 heavy (non-hydrogen) atoms. The van der Waals surface area contributed by atoms with E-state index in [0.29, 0.717) is 4.75 Å². The van der Waals surface area contributed by atoms with E-state index in [4.69, 9.17) is 0 Å². The summed E-state index contributed by atoms with van der Waals surface area (Å²) in [7, 11) is 0. The molecule has 0 aromatic heterocycles. The summed E-state index contributed by atoms with van der Waals surface area (Å²) in [5.41, 5.74) is 0. The first-order chi connectivity index (χ1) is 6.53. The van der Waals surface area contributed by atoms with Gasteiger partial charge in [0.05, 0.1) is 0 Å². The van der Waals surface area contributed by atoms with Crippen molar-refractivity contribution >= 4 is 27.7 Å². The molecule has 1 unspecified atom stereocenters. The Hall–Kier alpha value is 0.790. The molecule has 0 saturated carbocycles. The number of rotatable bonds is 3. The van der Waals surface area contributed by atoms with Crippen molar-refractivity contribution in [2.45, 2.75) is 31.9 Å². The Bertz CT molecular complexity index is 173. The number of alkyl halides is 1. The highest BCUT2D eigenvalue weighted by Crippen LogP contribution is 2.30. The van der Waals surface area contributed by atoms with Gasteiger partial charge in [-0.25, -0.2) is 0 Å². The van der Waals surface area contributed by atoms with Crippen LogP contribution in [0.15, 0.2) is 0 Å². The fourth-order valence-corrected chi connectivity index (χ4v) is 3.08. The van der Waals surface area contributed by atoms with Crippen molar-refractivity contribution in [3.05, 3.63) is 0 Å². The number of hydrogen-bond acceptors (Lipinski definition) is 2. The summed E-state index contributed by atoms with van der Waals surface area (Å²) in [5, 5.41) is 1.13. The van der Waals surface area contributed by atoms with Gasteiger partial charge >= 0.3 is 0 Å². The molecule has 0 aliphatic carbocycles. The van der Waals surface area contributed by atoms with Gasteiger partial charge in [-0.1, -0.05) is 36.7 Å². The van der Waals surface area contributed by atoms with E-state index in [9.17, 15) is 0 Å². The maximum absolute atomic E-state index is 3.55. The second-order valence-corrected chi connectivity index (χ2v) is 7.37. The second-order valence-electron chi connectivity index (χ2n) is 4.92. The van der Waals surface area contributed by atoms with Crippen LogP contribution in [-0.2, 0) is 0 Å². The molecule has 1 fully saturated rings. The van der Waals surface area contributed by atoms with E-state index in [1.165, 1.54) is 31.8 Å². The molecule has 1 nitrogen and oxygen atoms in total. The zero-order chi connectivity index (χ0) is 10.6. The summed E-state index contributed by atoms with van der Waals surface area (Å²) in [5.74, 6) is 2.07. The Morgan fingerprint density at radius 1 is 1.43 bits per heavy atom. The molecule has 1 atom stereocenters. The van der Waals surface area contributed by atoms with Crippen LogP contribution in [0, 0.1) is 5.92 Å². The lowest BCUT2D eigenvalue weighted by Crippen LogP contribution is -2.31. The van der Waals surface area contributed by atoms with E-state index in [-0.39, 0.29) is 0 Å². The summed E-state index contributed by atoms with van der Waals surface area (Å²) in [6, 6.07) is 0. The third-order valence-corrected chi connectivity index (χ3v) is 5.24. The van der Waals surface area contributed by atoms with Crippen molar-refractivity contribution < 1.29 is 0 Å². The third-order valence-electron chi connectivity index (χ3n) is 2.76. The maximum atomic E-state index is 3.55. The van der Waals surface area contributed by atoms with Crippen molar-refractivity contribution in [3.8, 4) is 0 Å². The second kappa shape index (κ2) is 5.76. The molecule has 0 aromatic rings. The molecule has 84 valence electrons. The first-order valence-corrected chi connectivity index (χ1v) is 7.56. The Morgan fingerprint density at radius 3 is 2.79 bits per heavy atom. The van der Waals surface area contributed by atoms with Gasteiger partial charge in [0.25, 0.3) is 0 Å². The lowest BCUT2D eigenvalue weighted by molar-refractivity contribution is 0.256. The van der Waals surface area contributed by atoms with Gasteiger partial charge in [-0.05, 0) is 18.9 Å². The predicted octanol–water partition coefficient (Wildman–Crippen LogP) is 3.23. The maximum Gasteiger partial charge on any atom is 0.0116 e. The van der Waals surface area contributed by atoms with E-state index in [1.54, 1.807) is 0 Å². The average molecular weight is 280 g/mol. The predicted molar refractivity (Wildman–Crippen MR) is 70.6 cm³/mol. The average Bonchev–Trinajstić information content (AvgIpc) is 2.28. The third kappa shape index (κ3) is 4.54. The Kier molecular flexibility index (Phi) is 5.29. The monoisotopic (exact) mass is 279 g/mol. The first kappa shape index (κ1) is 12.9. The molecule has 1 aliphatic rings. The largest absolute Gasteiger partial charge is 0.302 e. The minimum Gasteiger partial charge on any atom is -0.302 e. The van der Waals surface area contributed by atoms with Gasteiger partial charge in [0.2, 0.25) is 0 Å². The summed E-state index contributed by atoms with van der Waals surface area (Å²) < 4.78 is 0.492. The van der Waals surface area contributed by atoms with Gasteiger partial charge in [-0.15, -0.1) is 0 Å². The molecule has 0 aromatic carbocycles. The Labute approximate surface area is 101 Å². The van der Waals surface area contributed by atoms with Crippen LogP contribution >= 0.6 is 27.7 Å². The van der Waals surface area contributed by atoms with Gasteiger partial charge in [-0.3, -0.25) is 0 Å². The number of nitrogens with zero attached hydrogens (tertiary/aromatic N) is 1. The van der Waals surface area contributed by atoms with Crippen molar-refractivity contribution in [1.82, 2.24) is 4.90 Å². The molecule has 3 heteroatoms. The van der Waals surface area contributed by atoms with Crippen molar-refractivity contribution in [3.63, 3.8) is 0 Å². The van der Waals surface area contributed by atoms with E-state index in [2.05, 4.69) is 53.4 Å². The number of hydrogen-bond donors (Lipinski definition) is 0. The lowest BCUT2D eigenvalue weighted by Gasteiger charge is -2.24. The number of halogens is 1. The quantitative estimate of drug-likeness (QED) is 0.730. The molecular formula is C11H22BrNS. The zero-order valence-corrected chi connectivity index (χ0v) is 12.0. The van der Waals surface area contributed by atoms with Crippen LogP contribution in [-0.4, -0.2) is 40.4 Å². The molecule has 0 bridgehead atoms. The molecular weight excluding hydrogens is 258 g/mol. The summed E-state index contributed by atoms with van der Waals surface area (Å²) in [4.78, 5) is 2.62. The summed E-state index contributed by atoms with van der Waals surface area (Å²) in [6.07, 6.45) is 1.33. The van der Waals surface area contributed by atoms with Gasteiger partial charge in [-0.2, -0.15) is 11.8 Å². The molecule has 1 rings (SSSR count). The van der Waals surface area contributed by atoms with Crippen molar-refractivity contribution in [2.24, 2.45) is 5.92 Å². The van der Waals surface area contributed by atoms with E-state index in [1.807, 2.05) is 0 Å². The molecule has 0 radical (unpaired) electrons. The fraction of sp³-hybridized carbons (Fsp3) is 1.00. The standard InChI is InChI=1S/C11H22BrNS/c1-10(8-12)9-13-5-4-11(2,3)14-7-6-13/h10H,4-9H2,1-3H3. The SMILES string of the molecule is CC(CBr)CN1CCSC(C)(C)CC1. The van der Waals surface area contributed by atoms with E-state index >= 15 is 0 Å². The van der Waals surface area contributed by atoms with Crippen LogP contribution in [0.3, 0.4) is 0 Å². The van der Waals surface area contributed by atoms with Gasteiger partial charge in [0.1, 0.15) is 0 Å². The highest BCUT2D eigenvalue weighted by molar-refractivity contribution is 9.09. The van der Waals surface area contributed by atoms with E-state index in [0.717, 1.165) is 11.2 Å². The van der Waals surface area contributed by atoms with Crippen LogP contribution in [0.2, 0.25) is 0 Å². The highest BCUT2D eigenvalue weighted by atomic mass is 79.9. The summed E-state index contributed by atoms with van der Waals surface area (Å²) >= 11 is 5.68. The van der Waals surface area contributed by atoms with Gasteiger partial charge in [0.15, 0.2) is 0 Å². The lowest BCUT2D eigenvalue weighted by atomic mass is 10.1. The fourth-order valence-electron chi connectivity index (χ4n) is 1.73. The zero-order valence-electron chi connectivity index (χ0n) is 9.55. The minimum absolute atomic E-state index is 0.492. The Morgan fingerprint density at radius 2 is 2.14 bits per heavy atom. The van der Waals surface area contributed by atoms with Crippen LogP contribution in [0.25, 0.3) is 0 Å². The molecule has 0 N–H and O–H groups in total. The van der Waals surface area contributed by atoms with Crippen LogP contribution in [0.4, 0.5) is 0 Å². The smallest absolute Gasteiger partial charge is 0.0116 e. The van der Waals surface area contributed by atoms with Crippen molar-refractivity contribution in [2.75, 3.05) is 30.7 Å². The van der Waals surface area contributed by atoms with Gasteiger partial charge in [0, 0.05) is 28.9 Å². The van der Waals surface area contributed by atoms with Crippen LogP contribution in [0.1, 0.15) is 27.2 Å². The van der Waals surface area contributed by atoms with Crippen LogP contribution < -0.4 is 0 Å². The normalized spacial score (nSPS) is 25.7. The molecule has 1 aliphatic heterocycles. The highest BCUT2D eigenvalue weighted by Gasteiger charge is 2.23. The molecule has 1 saturated heterocycles. The van der Waals surface area contributed by atoms with Crippen molar-refractivity contribution in [1.29, 1.82) is 0 Å². The molecule has 0 amide bonds. The van der Waals surface area contributed by atoms with Crippen LogP contribution in [0.5, 0.6) is 0 Å². The molecule has 1 heterocycles.